The molecular weight excluding hydrogens is 172 g/mol. The number of hydrogen-bond donors (Lipinski definition) is 1. The molecule has 1 rings (SSSR count). The largest absolute Gasteiger partial charge is 0.381 e. The number of benzene rings is 1. The molecule has 0 saturated carbocycles. The Labute approximate surface area is 86.1 Å². The second kappa shape index (κ2) is 4.43. The van der Waals surface area contributed by atoms with E-state index in [0.29, 0.717) is 0 Å². The van der Waals surface area contributed by atoms with Crippen molar-refractivity contribution in [3.05, 3.63) is 48.0 Å². The normalized spacial score (nSPS) is 16.1. The van der Waals surface area contributed by atoms with Crippen LogP contribution in [0.15, 0.2) is 42.5 Å². The zero-order valence-electron chi connectivity index (χ0n) is 9.07. The fourth-order valence-corrected chi connectivity index (χ4v) is 1.58. The van der Waals surface area contributed by atoms with Gasteiger partial charge in [-0.1, -0.05) is 56.3 Å². The summed E-state index contributed by atoms with van der Waals surface area (Å²) in [6.45, 7) is 5.97. The van der Waals surface area contributed by atoms with E-state index in [9.17, 15) is 5.11 Å². The van der Waals surface area contributed by atoms with Crippen molar-refractivity contribution < 1.29 is 5.11 Å². The Morgan fingerprint density at radius 3 is 2.21 bits per heavy atom. The third-order valence-electron chi connectivity index (χ3n) is 2.54. The van der Waals surface area contributed by atoms with Gasteiger partial charge in [0.2, 0.25) is 0 Å². The van der Waals surface area contributed by atoms with Gasteiger partial charge in [0, 0.05) is 0 Å². The molecule has 1 heteroatoms. The highest BCUT2D eigenvalue weighted by molar-refractivity contribution is 5.27. The lowest BCUT2D eigenvalue weighted by molar-refractivity contribution is 0.0398. The molecule has 1 atom stereocenters. The van der Waals surface area contributed by atoms with Gasteiger partial charge < -0.3 is 5.11 Å². The van der Waals surface area contributed by atoms with Crippen LogP contribution in [-0.2, 0) is 5.60 Å². The molecule has 14 heavy (non-hydrogen) atoms. The Balaban J connectivity index is 3.12. The van der Waals surface area contributed by atoms with Crippen LogP contribution in [0.3, 0.4) is 0 Å². The number of rotatable bonds is 3. The third-order valence-corrected chi connectivity index (χ3v) is 2.54. The van der Waals surface area contributed by atoms with E-state index >= 15 is 0 Å². The average Bonchev–Trinajstić information content (AvgIpc) is 2.19. The summed E-state index contributed by atoms with van der Waals surface area (Å²) >= 11 is 0. The van der Waals surface area contributed by atoms with Gasteiger partial charge in [-0.15, -0.1) is 0 Å². The first-order valence-electron chi connectivity index (χ1n) is 5.03. The van der Waals surface area contributed by atoms with Crippen LogP contribution >= 0.6 is 0 Å². The van der Waals surface area contributed by atoms with E-state index < -0.39 is 5.60 Å². The fourth-order valence-electron chi connectivity index (χ4n) is 1.58. The van der Waals surface area contributed by atoms with E-state index in [2.05, 4.69) is 0 Å². The third kappa shape index (κ3) is 2.05. The van der Waals surface area contributed by atoms with Crippen LogP contribution in [0, 0.1) is 5.92 Å². The van der Waals surface area contributed by atoms with E-state index in [1.165, 1.54) is 0 Å². The highest BCUT2D eigenvalue weighted by atomic mass is 16.3. The van der Waals surface area contributed by atoms with Gasteiger partial charge in [0.15, 0.2) is 0 Å². The highest BCUT2D eigenvalue weighted by Crippen LogP contribution is 2.30. The maximum atomic E-state index is 10.5. The molecule has 1 aromatic carbocycles. The highest BCUT2D eigenvalue weighted by Gasteiger charge is 2.29. The number of aliphatic hydroxyl groups is 1. The van der Waals surface area contributed by atoms with Gasteiger partial charge in [0.25, 0.3) is 0 Å². The molecule has 1 N–H and O–H groups in total. The first-order chi connectivity index (χ1) is 6.61. The molecule has 1 aromatic rings. The zero-order chi connectivity index (χ0) is 10.6. The molecule has 76 valence electrons. The van der Waals surface area contributed by atoms with Gasteiger partial charge in [-0.25, -0.2) is 0 Å². The van der Waals surface area contributed by atoms with Crippen LogP contribution in [0.5, 0.6) is 0 Å². The Morgan fingerprint density at radius 2 is 1.79 bits per heavy atom. The van der Waals surface area contributed by atoms with E-state index in [-0.39, 0.29) is 5.92 Å². The molecule has 0 radical (unpaired) electrons. The fraction of sp³-hybridized carbons (Fsp3) is 0.385. The smallest absolute Gasteiger partial charge is 0.110 e. The molecule has 0 aliphatic carbocycles. The lowest BCUT2D eigenvalue weighted by atomic mass is 9.83. The summed E-state index contributed by atoms with van der Waals surface area (Å²) in [5.74, 6) is 0.168. The molecule has 0 bridgehead atoms. The molecule has 0 spiro atoms. The lowest BCUT2D eigenvalue weighted by Gasteiger charge is -2.29. The van der Waals surface area contributed by atoms with Gasteiger partial charge in [-0.05, 0) is 18.4 Å². The van der Waals surface area contributed by atoms with Crippen molar-refractivity contribution in [1.29, 1.82) is 0 Å². The molecule has 0 aliphatic heterocycles. The molecule has 0 aliphatic rings. The minimum atomic E-state index is -0.837. The number of hydrogen-bond acceptors (Lipinski definition) is 1. The molecule has 0 fully saturated rings. The monoisotopic (exact) mass is 190 g/mol. The van der Waals surface area contributed by atoms with E-state index in [1.807, 2.05) is 63.3 Å². The molecule has 0 saturated heterocycles. The second-order valence-corrected chi connectivity index (χ2v) is 3.85. The van der Waals surface area contributed by atoms with Crippen molar-refractivity contribution in [1.82, 2.24) is 0 Å². The SMILES string of the molecule is C/C=C/C(O)(c1ccccc1)C(C)C. The zero-order valence-corrected chi connectivity index (χ0v) is 9.07. The van der Waals surface area contributed by atoms with Gasteiger partial charge in [0.05, 0.1) is 0 Å². The van der Waals surface area contributed by atoms with Gasteiger partial charge in [0.1, 0.15) is 5.60 Å². The van der Waals surface area contributed by atoms with Crippen LogP contribution < -0.4 is 0 Å². The summed E-state index contributed by atoms with van der Waals surface area (Å²) in [5, 5.41) is 10.5. The first-order valence-corrected chi connectivity index (χ1v) is 5.03. The maximum absolute atomic E-state index is 10.5. The van der Waals surface area contributed by atoms with Gasteiger partial charge >= 0.3 is 0 Å². The quantitative estimate of drug-likeness (QED) is 0.726. The van der Waals surface area contributed by atoms with E-state index in [0.717, 1.165) is 5.56 Å². The summed E-state index contributed by atoms with van der Waals surface area (Å²) in [7, 11) is 0. The summed E-state index contributed by atoms with van der Waals surface area (Å²) in [6.07, 6.45) is 3.75. The standard InChI is InChI=1S/C13H18O/c1-4-10-13(14,11(2)3)12-8-6-5-7-9-12/h4-11,14H,1-3H3/b10-4+. The Hall–Kier alpha value is -1.08. The summed E-state index contributed by atoms with van der Waals surface area (Å²) < 4.78 is 0. The lowest BCUT2D eigenvalue weighted by Crippen LogP contribution is -2.29. The van der Waals surface area contributed by atoms with Crippen molar-refractivity contribution in [2.45, 2.75) is 26.4 Å². The predicted molar refractivity (Wildman–Crippen MR) is 60.0 cm³/mol. The Morgan fingerprint density at radius 1 is 1.21 bits per heavy atom. The topological polar surface area (TPSA) is 20.2 Å². The van der Waals surface area contributed by atoms with Crippen molar-refractivity contribution in [2.75, 3.05) is 0 Å². The molecule has 0 heterocycles. The Kier molecular flexibility index (Phi) is 3.48. The predicted octanol–water partition coefficient (Wildman–Crippen LogP) is 3.11. The van der Waals surface area contributed by atoms with E-state index in [4.69, 9.17) is 0 Å². The van der Waals surface area contributed by atoms with Gasteiger partial charge in [-0.3, -0.25) is 0 Å². The van der Waals surface area contributed by atoms with Crippen molar-refractivity contribution in [3.63, 3.8) is 0 Å². The van der Waals surface area contributed by atoms with Crippen LogP contribution in [0.25, 0.3) is 0 Å². The van der Waals surface area contributed by atoms with Crippen molar-refractivity contribution in [2.24, 2.45) is 5.92 Å². The second-order valence-electron chi connectivity index (χ2n) is 3.85. The molecular formula is C13H18O. The average molecular weight is 190 g/mol. The van der Waals surface area contributed by atoms with Crippen molar-refractivity contribution in [3.8, 4) is 0 Å². The number of allylic oxidation sites excluding steroid dienone is 1. The maximum Gasteiger partial charge on any atom is 0.110 e. The summed E-state index contributed by atoms with van der Waals surface area (Å²) in [6, 6.07) is 9.78. The van der Waals surface area contributed by atoms with Crippen LogP contribution in [-0.4, -0.2) is 5.11 Å². The minimum Gasteiger partial charge on any atom is -0.381 e. The summed E-state index contributed by atoms with van der Waals surface area (Å²) in [4.78, 5) is 0. The molecule has 1 unspecified atom stereocenters. The van der Waals surface area contributed by atoms with E-state index in [1.54, 1.807) is 0 Å². The van der Waals surface area contributed by atoms with Crippen LogP contribution in [0.1, 0.15) is 26.3 Å². The Bertz CT molecular complexity index is 300. The van der Waals surface area contributed by atoms with Gasteiger partial charge in [-0.2, -0.15) is 0 Å². The first kappa shape index (κ1) is 11.0. The summed E-state index contributed by atoms with van der Waals surface area (Å²) in [5.41, 5.74) is 0.115. The molecule has 0 aromatic heterocycles. The molecule has 1 nitrogen and oxygen atoms in total. The molecule has 0 amide bonds. The van der Waals surface area contributed by atoms with Crippen LogP contribution in [0.2, 0.25) is 0 Å². The minimum absolute atomic E-state index is 0.168. The van der Waals surface area contributed by atoms with Crippen molar-refractivity contribution >= 4 is 0 Å². The van der Waals surface area contributed by atoms with Crippen LogP contribution in [0.4, 0.5) is 0 Å².